The molecule has 1 aliphatic rings. The van der Waals surface area contributed by atoms with Crippen molar-refractivity contribution in [3.8, 4) is 0 Å². The highest BCUT2D eigenvalue weighted by Gasteiger charge is 2.27. The molecule has 0 bridgehead atoms. The average molecular weight is 301 g/mol. The van der Waals surface area contributed by atoms with Crippen LogP contribution in [0.2, 0.25) is 0 Å². The van der Waals surface area contributed by atoms with E-state index in [1.807, 2.05) is 42.5 Å². The molecule has 1 fully saturated rings. The number of rotatable bonds is 6. The van der Waals surface area contributed by atoms with E-state index in [9.17, 15) is 5.11 Å². The van der Waals surface area contributed by atoms with Gasteiger partial charge in [0.1, 0.15) is 18.1 Å². The molecule has 3 rings (SSSR count). The summed E-state index contributed by atoms with van der Waals surface area (Å²) in [6.45, 7) is 1.71. The van der Waals surface area contributed by atoms with Crippen molar-refractivity contribution in [1.29, 1.82) is 0 Å². The van der Waals surface area contributed by atoms with Crippen LogP contribution in [0.3, 0.4) is 0 Å². The lowest BCUT2D eigenvalue weighted by Crippen LogP contribution is -2.30. The van der Waals surface area contributed by atoms with Gasteiger partial charge in [0.2, 0.25) is 0 Å². The highest BCUT2D eigenvalue weighted by Crippen LogP contribution is 2.28. The number of likely N-dealkylation sites (tertiary alicyclic amines) is 1. The van der Waals surface area contributed by atoms with Crippen molar-refractivity contribution in [2.24, 2.45) is 0 Å². The molecule has 4 nitrogen and oxygen atoms in total. The standard InChI is InChI=1S/C18H23NO3/c20-13-17-9-8-16(22-17)12-19-10-4-7-15(19)11-18(21)14-5-2-1-3-6-14/h1-3,5-6,8-9,15,18,20-21H,4,7,10-13H2/t15-,18-/m0/s1. The molecular weight excluding hydrogens is 278 g/mol. The van der Waals surface area contributed by atoms with Crippen LogP contribution in [-0.4, -0.2) is 27.7 Å². The Kier molecular flexibility index (Phi) is 4.93. The molecular formula is C18H23NO3. The lowest BCUT2D eigenvalue weighted by molar-refractivity contribution is 0.114. The van der Waals surface area contributed by atoms with Crippen LogP contribution in [0, 0.1) is 0 Å². The maximum atomic E-state index is 10.4. The van der Waals surface area contributed by atoms with E-state index in [0.717, 1.165) is 43.7 Å². The third-order valence-corrected chi connectivity index (χ3v) is 4.41. The summed E-state index contributed by atoms with van der Waals surface area (Å²) in [5, 5.41) is 19.5. The van der Waals surface area contributed by atoms with Crippen molar-refractivity contribution < 1.29 is 14.6 Å². The molecule has 0 radical (unpaired) electrons. The van der Waals surface area contributed by atoms with Crippen LogP contribution >= 0.6 is 0 Å². The van der Waals surface area contributed by atoms with Crippen molar-refractivity contribution in [1.82, 2.24) is 4.90 Å². The first kappa shape index (κ1) is 15.3. The molecule has 1 aromatic carbocycles. The zero-order chi connectivity index (χ0) is 15.4. The van der Waals surface area contributed by atoms with E-state index in [-0.39, 0.29) is 6.61 Å². The van der Waals surface area contributed by atoms with Gasteiger partial charge in [0.25, 0.3) is 0 Å². The summed E-state index contributed by atoms with van der Waals surface area (Å²) < 4.78 is 5.58. The summed E-state index contributed by atoms with van der Waals surface area (Å²) in [5.41, 5.74) is 0.981. The van der Waals surface area contributed by atoms with Gasteiger partial charge in [0, 0.05) is 6.04 Å². The molecule has 1 saturated heterocycles. The molecule has 0 spiro atoms. The molecule has 0 unspecified atom stereocenters. The highest BCUT2D eigenvalue weighted by molar-refractivity contribution is 5.17. The smallest absolute Gasteiger partial charge is 0.129 e. The van der Waals surface area contributed by atoms with E-state index in [1.165, 1.54) is 0 Å². The van der Waals surface area contributed by atoms with E-state index < -0.39 is 6.10 Å². The molecule has 2 atom stereocenters. The van der Waals surface area contributed by atoms with Gasteiger partial charge < -0.3 is 14.6 Å². The molecule has 22 heavy (non-hydrogen) atoms. The lowest BCUT2D eigenvalue weighted by Gasteiger charge is -2.25. The molecule has 1 aliphatic heterocycles. The quantitative estimate of drug-likeness (QED) is 0.861. The highest BCUT2D eigenvalue weighted by atomic mass is 16.4. The van der Waals surface area contributed by atoms with Crippen molar-refractivity contribution in [3.63, 3.8) is 0 Å². The minimum absolute atomic E-state index is 0.0594. The van der Waals surface area contributed by atoms with Gasteiger partial charge in [-0.3, -0.25) is 4.90 Å². The van der Waals surface area contributed by atoms with E-state index in [2.05, 4.69) is 4.90 Å². The van der Waals surface area contributed by atoms with Gasteiger partial charge in [-0.25, -0.2) is 0 Å². The Morgan fingerprint density at radius 1 is 1.14 bits per heavy atom. The van der Waals surface area contributed by atoms with Crippen LogP contribution < -0.4 is 0 Å². The number of aliphatic hydroxyl groups excluding tert-OH is 2. The molecule has 0 aliphatic carbocycles. The molecule has 2 heterocycles. The van der Waals surface area contributed by atoms with Crippen LogP contribution in [0.15, 0.2) is 46.9 Å². The second kappa shape index (κ2) is 7.09. The number of nitrogens with zero attached hydrogens (tertiary/aromatic N) is 1. The van der Waals surface area contributed by atoms with Gasteiger partial charge in [-0.2, -0.15) is 0 Å². The number of furan rings is 1. The molecule has 2 aromatic rings. The molecule has 0 amide bonds. The predicted octanol–water partition coefficient (Wildman–Crippen LogP) is 2.86. The van der Waals surface area contributed by atoms with Gasteiger partial charge >= 0.3 is 0 Å². The van der Waals surface area contributed by atoms with E-state index >= 15 is 0 Å². The monoisotopic (exact) mass is 301 g/mol. The van der Waals surface area contributed by atoms with Crippen molar-refractivity contribution >= 4 is 0 Å². The van der Waals surface area contributed by atoms with E-state index in [4.69, 9.17) is 9.52 Å². The third kappa shape index (κ3) is 3.58. The van der Waals surface area contributed by atoms with Crippen molar-refractivity contribution in [2.75, 3.05) is 6.54 Å². The summed E-state index contributed by atoms with van der Waals surface area (Å²) in [5.74, 6) is 1.49. The summed E-state index contributed by atoms with van der Waals surface area (Å²) in [6, 6.07) is 14.0. The average Bonchev–Trinajstić information content (AvgIpc) is 3.18. The molecule has 1 aromatic heterocycles. The zero-order valence-corrected chi connectivity index (χ0v) is 12.7. The van der Waals surface area contributed by atoms with Crippen LogP contribution in [0.1, 0.15) is 42.5 Å². The predicted molar refractivity (Wildman–Crippen MR) is 84.1 cm³/mol. The zero-order valence-electron chi connectivity index (χ0n) is 12.7. The maximum Gasteiger partial charge on any atom is 0.129 e. The second-order valence-electron chi connectivity index (χ2n) is 5.95. The Labute approximate surface area is 131 Å². The van der Waals surface area contributed by atoms with Crippen molar-refractivity contribution in [2.45, 2.75) is 44.6 Å². The number of aliphatic hydroxyl groups is 2. The summed E-state index contributed by atoms with van der Waals surface area (Å²) >= 11 is 0. The Hall–Kier alpha value is -1.62. The van der Waals surface area contributed by atoms with Gasteiger partial charge in [0.05, 0.1) is 12.6 Å². The van der Waals surface area contributed by atoms with E-state index in [0.29, 0.717) is 11.8 Å². The lowest BCUT2D eigenvalue weighted by atomic mass is 10.0. The van der Waals surface area contributed by atoms with Crippen LogP contribution in [0.4, 0.5) is 0 Å². The summed E-state index contributed by atoms with van der Waals surface area (Å²) in [6.07, 6.45) is 2.59. The fourth-order valence-electron chi connectivity index (χ4n) is 3.23. The largest absolute Gasteiger partial charge is 0.462 e. The van der Waals surface area contributed by atoms with Gasteiger partial charge in [-0.15, -0.1) is 0 Å². The van der Waals surface area contributed by atoms with E-state index in [1.54, 1.807) is 0 Å². The van der Waals surface area contributed by atoms with Gasteiger partial charge in [-0.05, 0) is 43.5 Å². The topological polar surface area (TPSA) is 56.8 Å². The summed E-state index contributed by atoms with van der Waals surface area (Å²) in [7, 11) is 0. The summed E-state index contributed by atoms with van der Waals surface area (Å²) in [4.78, 5) is 2.37. The Morgan fingerprint density at radius 2 is 1.91 bits per heavy atom. The first-order valence-electron chi connectivity index (χ1n) is 7.92. The van der Waals surface area contributed by atoms with Crippen LogP contribution in [0.5, 0.6) is 0 Å². The van der Waals surface area contributed by atoms with Gasteiger partial charge in [0.15, 0.2) is 0 Å². The number of benzene rings is 1. The SMILES string of the molecule is OCc1ccc(CN2CCC[C@H]2C[C@H](O)c2ccccc2)o1. The number of hydrogen-bond acceptors (Lipinski definition) is 4. The second-order valence-corrected chi connectivity index (χ2v) is 5.95. The minimum atomic E-state index is -0.420. The molecule has 118 valence electrons. The van der Waals surface area contributed by atoms with Crippen molar-refractivity contribution in [3.05, 3.63) is 59.5 Å². The van der Waals surface area contributed by atoms with Crippen LogP contribution in [-0.2, 0) is 13.2 Å². The van der Waals surface area contributed by atoms with Crippen LogP contribution in [0.25, 0.3) is 0 Å². The first-order chi connectivity index (χ1) is 10.8. The normalized spacial score (nSPS) is 20.4. The minimum Gasteiger partial charge on any atom is -0.462 e. The Bertz CT molecular complexity index is 581. The molecule has 4 heteroatoms. The third-order valence-electron chi connectivity index (χ3n) is 4.41. The van der Waals surface area contributed by atoms with Gasteiger partial charge in [-0.1, -0.05) is 30.3 Å². The first-order valence-corrected chi connectivity index (χ1v) is 7.92. The maximum absolute atomic E-state index is 10.4. The Balaban J connectivity index is 1.60. The fraction of sp³-hybridized carbons (Fsp3) is 0.444. The fourth-order valence-corrected chi connectivity index (χ4v) is 3.23. The molecule has 0 saturated carbocycles. The number of hydrogen-bond donors (Lipinski definition) is 2. The molecule has 2 N–H and O–H groups in total. The Morgan fingerprint density at radius 3 is 2.64 bits per heavy atom.